The molecule has 7 nitrogen and oxygen atoms in total. The first-order valence-corrected chi connectivity index (χ1v) is 6.13. The van der Waals surface area contributed by atoms with Gasteiger partial charge in [-0.3, -0.25) is 4.79 Å². The first-order valence-electron chi connectivity index (χ1n) is 6.13. The number of aromatic nitrogens is 2. The molecule has 0 saturated carbocycles. The van der Waals surface area contributed by atoms with E-state index < -0.39 is 5.91 Å². The molecular formula is C13H16N4O3. The summed E-state index contributed by atoms with van der Waals surface area (Å²) in [6, 6.07) is 7.40. The second-order valence-corrected chi connectivity index (χ2v) is 4.23. The number of nitrogens with zero attached hydrogens (tertiary/aromatic N) is 2. The van der Waals surface area contributed by atoms with E-state index in [0.717, 1.165) is 5.56 Å². The molecule has 2 aromatic rings. The number of hydrogen-bond donors (Lipinski definition) is 2. The summed E-state index contributed by atoms with van der Waals surface area (Å²) in [5.41, 5.74) is 6.08. The molecule has 0 bridgehead atoms. The maximum atomic E-state index is 10.6. The number of hydrogen-bond acceptors (Lipinski definition) is 6. The van der Waals surface area contributed by atoms with Crippen molar-refractivity contribution in [2.75, 3.05) is 6.61 Å². The van der Waals surface area contributed by atoms with Crippen LogP contribution in [0.1, 0.15) is 17.3 Å². The molecule has 0 unspecified atom stereocenters. The number of benzene rings is 1. The standard InChI is InChI=1S/C13H16N4O3/c1-9-16-13(17-20-9)7-15-6-10-2-4-11(5-3-10)19-8-12(14)18/h2-5,15H,6-8H2,1H3,(H2,14,18). The Morgan fingerprint density at radius 1 is 1.35 bits per heavy atom. The topological polar surface area (TPSA) is 103 Å². The lowest BCUT2D eigenvalue weighted by molar-refractivity contribution is -0.119. The lowest BCUT2D eigenvalue weighted by Gasteiger charge is -2.06. The highest BCUT2D eigenvalue weighted by Crippen LogP contribution is 2.11. The third-order valence-electron chi connectivity index (χ3n) is 2.49. The summed E-state index contributed by atoms with van der Waals surface area (Å²) in [6.07, 6.45) is 0. The molecule has 7 heteroatoms. The molecular weight excluding hydrogens is 260 g/mol. The fraction of sp³-hybridized carbons (Fsp3) is 0.308. The highest BCUT2D eigenvalue weighted by atomic mass is 16.5. The van der Waals surface area contributed by atoms with E-state index in [0.29, 0.717) is 30.6 Å². The van der Waals surface area contributed by atoms with Gasteiger partial charge in [0.25, 0.3) is 5.91 Å². The van der Waals surface area contributed by atoms with Crippen LogP contribution in [-0.2, 0) is 17.9 Å². The van der Waals surface area contributed by atoms with Gasteiger partial charge in [0.15, 0.2) is 12.4 Å². The van der Waals surface area contributed by atoms with Crippen LogP contribution < -0.4 is 15.8 Å². The third kappa shape index (κ3) is 4.36. The van der Waals surface area contributed by atoms with Crippen LogP contribution in [0, 0.1) is 6.92 Å². The summed E-state index contributed by atoms with van der Waals surface area (Å²) >= 11 is 0. The van der Waals surface area contributed by atoms with Crippen LogP contribution in [-0.4, -0.2) is 22.7 Å². The van der Waals surface area contributed by atoms with Crippen LogP contribution in [0.2, 0.25) is 0 Å². The number of ether oxygens (including phenoxy) is 1. The zero-order valence-electron chi connectivity index (χ0n) is 11.1. The van der Waals surface area contributed by atoms with Crippen molar-refractivity contribution in [1.29, 1.82) is 0 Å². The van der Waals surface area contributed by atoms with Crippen LogP contribution in [0.15, 0.2) is 28.8 Å². The molecule has 0 aliphatic rings. The van der Waals surface area contributed by atoms with Crippen LogP contribution in [0.25, 0.3) is 0 Å². The Hall–Kier alpha value is -2.41. The van der Waals surface area contributed by atoms with Crippen LogP contribution in [0.3, 0.4) is 0 Å². The fourth-order valence-electron chi connectivity index (χ4n) is 1.59. The molecule has 1 amide bonds. The molecule has 0 spiro atoms. The summed E-state index contributed by atoms with van der Waals surface area (Å²) < 4.78 is 10.0. The van der Waals surface area contributed by atoms with Crippen molar-refractivity contribution in [3.05, 3.63) is 41.5 Å². The van der Waals surface area contributed by atoms with Crippen molar-refractivity contribution in [2.45, 2.75) is 20.0 Å². The number of carbonyl (C=O) groups is 1. The zero-order valence-corrected chi connectivity index (χ0v) is 11.1. The lowest BCUT2D eigenvalue weighted by Crippen LogP contribution is -2.20. The predicted molar refractivity (Wildman–Crippen MR) is 70.7 cm³/mol. The minimum Gasteiger partial charge on any atom is -0.484 e. The van der Waals surface area contributed by atoms with Crippen LogP contribution in [0.5, 0.6) is 5.75 Å². The number of amides is 1. The molecule has 0 radical (unpaired) electrons. The molecule has 1 aromatic carbocycles. The van der Waals surface area contributed by atoms with Crippen LogP contribution >= 0.6 is 0 Å². The molecule has 106 valence electrons. The fourth-order valence-corrected chi connectivity index (χ4v) is 1.59. The summed E-state index contributed by atoms with van der Waals surface area (Å²) in [5.74, 6) is 1.30. The van der Waals surface area contributed by atoms with Crippen molar-refractivity contribution in [2.24, 2.45) is 5.73 Å². The number of aryl methyl sites for hydroxylation is 1. The predicted octanol–water partition coefficient (Wildman–Crippen LogP) is 0.532. The molecule has 1 aromatic heterocycles. The molecule has 2 rings (SSSR count). The largest absolute Gasteiger partial charge is 0.484 e. The number of nitrogens with two attached hydrogens (primary N) is 1. The highest BCUT2D eigenvalue weighted by Gasteiger charge is 2.02. The molecule has 1 heterocycles. The highest BCUT2D eigenvalue weighted by molar-refractivity contribution is 5.75. The SMILES string of the molecule is Cc1nc(CNCc2ccc(OCC(N)=O)cc2)no1. The Kier molecular flexibility index (Phi) is 4.67. The number of primary amides is 1. The summed E-state index contributed by atoms with van der Waals surface area (Å²) in [7, 11) is 0. The first-order chi connectivity index (χ1) is 9.63. The van der Waals surface area contributed by atoms with Crippen molar-refractivity contribution in [1.82, 2.24) is 15.5 Å². The van der Waals surface area contributed by atoms with Gasteiger partial charge in [-0.25, -0.2) is 0 Å². The van der Waals surface area contributed by atoms with Crippen molar-refractivity contribution in [3.63, 3.8) is 0 Å². The van der Waals surface area contributed by atoms with E-state index in [2.05, 4.69) is 15.5 Å². The Bertz CT molecular complexity index is 565. The van der Waals surface area contributed by atoms with E-state index in [-0.39, 0.29) is 6.61 Å². The van der Waals surface area contributed by atoms with Gasteiger partial charge in [0.1, 0.15) is 5.75 Å². The van der Waals surface area contributed by atoms with E-state index in [1.807, 2.05) is 12.1 Å². The summed E-state index contributed by atoms with van der Waals surface area (Å²) in [6.45, 7) is 2.84. The van der Waals surface area contributed by atoms with Gasteiger partial charge in [0.2, 0.25) is 5.89 Å². The lowest BCUT2D eigenvalue weighted by atomic mass is 10.2. The number of nitrogens with one attached hydrogen (secondary N) is 1. The molecule has 3 N–H and O–H groups in total. The van der Waals surface area contributed by atoms with Gasteiger partial charge in [-0.05, 0) is 17.7 Å². The van der Waals surface area contributed by atoms with Gasteiger partial charge in [-0.15, -0.1) is 0 Å². The average molecular weight is 276 g/mol. The smallest absolute Gasteiger partial charge is 0.255 e. The van der Waals surface area contributed by atoms with Crippen LogP contribution in [0.4, 0.5) is 0 Å². The molecule has 0 saturated heterocycles. The Balaban J connectivity index is 1.77. The maximum absolute atomic E-state index is 10.6. The van der Waals surface area contributed by atoms with Gasteiger partial charge < -0.3 is 20.3 Å². The van der Waals surface area contributed by atoms with Gasteiger partial charge in [-0.1, -0.05) is 17.3 Å². The van der Waals surface area contributed by atoms with E-state index in [1.165, 1.54) is 0 Å². The Morgan fingerprint density at radius 3 is 2.70 bits per heavy atom. The quantitative estimate of drug-likeness (QED) is 0.764. The minimum absolute atomic E-state index is 0.116. The average Bonchev–Trinajstić information content (AvgIpc) is 2.83. The first kappa shape index (κ1) is 14.0. The zero-order chi connectivity index (χ0) is 14.4. The van der Waals surface area contributed by atoms with Crippen molar-refractivity contribution >= 4 is 5.91 Å². The number of carbonyl (C=O) groups excluding carboxylic acids is 1. The summed E-state index contributed by atoms with van der Waals surface area (Å²) in [5, 5.41) is 6.99. The molecule has 0 aliphatic heterocycles. The molecule has 0 fully saturated rings. The Labute approximate surface area is 116 Å². The van der Waals surface area contributed by atoms with E-state index in [1.54, 1.807) is 19.1 Å². The number of rotatable bonds is 7. The molecule has 20 heavy (non-hydrogen) atoms. The van der Waals surface area contributed by atoms with Gasteiger partial charge in [-0.2, -0.15) is 4.98 Å². The van der Waals surface area contributed by atoms with Crippen molar-refractivity contribution < 1.29 is 14.1 Å². The Morgan fingerprint density at radius 2 is 2.10 bits per heavy atom. The second-order valence-electron chi connectivity index (χ2n) is 4.23. The monoisotopic (exact) mass is 276 g/mol. The van der Waals surface area contributed by atoms with Gasteiger partial charge in [0.05, 0.1) is 6.54 Å². The molecule has 0 atom stereocenters. The van der Waals surface area contributed by atoms with Gasteiger partial charge in [0, 0.05) is 13.5 Å². The summed E-state index contributed by atoms with van der Waals surface area (Å²) in [4.78, 5) is 14.7. The minimum atomic E-state index is -0.494. The second kappa shape index (κ2) is 6.67. The van der Waals surface area contributed by atoms with E-state index in [4.69, 9.17) is 15.0 Å². The van der Waals surface area contributed by atoms with Crippen molar-refractivity contribution in [3.8, 4) is 5.75 Å². The normalized spacial score (nSPS) is 10.4. The molecule has 0 aliphatic carbocycles. The van der Waals surface area contributed by atoms with Gasteiger partial charge >= 0.3 is 0 Å². The third-order valence-corrected chi connectivity index (χ3v) is 2.49. The van der Waals surface area contributed by atoms with E-state index >= 15 is 0 Å². The van der Waals surface area contributed by atoms with E-state index in [9.17, 15) is 4.79 Å². The maximum Gasteiger partial charge on any atom is 0.255 e.